The molecular formula is C21H28FN3O. The summed E-state index contributed by atoms with van der Waals surface area (Å²) in [5.74, 6) is -0.227. The third-order valence-electron chi connectivity index (χ3n) is 5.99. The number of nitrogens with zero attached hydrogens (tertiary/aromatic N) is 2. The van der Waals surface area contributed by atoms with Crippen LogP contribution in [0.15, 0.2) is 18.2 Å². The first-order chi connectivity index (χ1) is 12.4. The normalized spacial score (nSPS) is 29.5. The van der Waals surface area contributed by atoms with E-state index in [1.54, 1.807) is 0 Å². The Bertz CT molecular complexity index is 843. The predicted molar refractivity (Wildman–Crippen MR) is 101 cm³/mol. The van der Waals surface area contributed by atoms with Crippen LogP contribution in [0.25, 0.3) is 11.0 Å². The maximum absolute atomic E-state index is 14.7. The van der Waals surface area contributed by atoms with Gasteiger partial charge in [-0.25, -0.2) is 9.37 Å². The van der Waals surface area contributed by atoms with E-state index >= 15 is 0 Å². The first kappa shape index (κ1) is 17.5. The van der Waals surface area contributed by atoms with Crippen LogP contribution in [0.1, 0.15) is 76.2 Å². The van der Waals surface area contributed by atoms with Crippen LogP contribution in [0.3, 0.4) is 0 Å². The first-order valence-corrected chi connectivity index (χ1v) is 9.88. The molecule has 4 rings (SSSR count). The van der Waals surface area contributed by atoms with Crippen LogP contribution in [-0.2, 0) is 11.3 Å². The molecule has 2 aromatic heterocycles. The topological polar surface area (TPSA) is 46.9 Å². The number of halogens is 1. The van der Waals surface area contributed by atoms with Gasteiger partial charge < -0.3 is 9.88 Å². The van der Waals surface area contributed by atoms with Crippen LogP contribution in [0, 0.1) is 5.92 Å². The van der Waals surface area contributed by atoms with Crippen molar-refractivity contribution in [2.45, 2.75) is 77.0 Å². The van der Waals surface area contributed by atoms with E-state index in [4.69, 9.17) is 4.98 Å². The molecule has 3 heterocycles. The van der Waals surface area contributed by atoms with Crippen LogP contribution in [0.5, 0.6) is 0 Å². The molecular weight excluding hydrogens is 329 g/mol. The second-order valence-corrected chi connectivity index (χ2v) is 8.36. The minimum Gasteiger partial charge on any atom is -0.348 e. The number of pyridine rings is 1. The highest BCUT2D eigenvalue weighted by molar-refractivity contribution is 5.84. The van der Waals surface area contributed by atoms with E-state index in [9.17, 15) is 9.18 Å². The number of nitrogens with one attached hydrogen (secondary N) is 1. The zero-order valence-corrected chi connectivity index (χ0v) is 15.9. The van der Waals surface area contributed by atoms with Gasteiger partial charge in [0.15, 0.2) is 0 Å². The molecule has 2 aliphatic rings. The molecule has 1 aliphatic carbocycles. The first-order valence-electron chi connectivity index (χ1n) is 9.88. The Labute approximate surface area is 154 Å². The molecule has 3 unspecified atom stereocenters. The average molecular weight is 357 g/mol. The molecule has 0 aromatic carbocycles. The molecule has 2 aromatic rings. The Balaban J connectivity index is 1.72. The monoisotopic (exact) mass is 357 g/mol. The molecule has 1 N–H and O–H groups in total. The van der Waals surface area contributed by atoms with Gasteiger partial charge in [-0.3, -0.25) is 4.79 Å². The Morgan fingerprint density at radius 1 is 1.31 bits per heavy atom. The lowest BCUT2D eigenvalue weighted by atomic mass is 10.1. The number of carbonyl (C=O) groups is 1. The second-order valence-electron chi connectivity index (χ2n) is 8.36. The van der Waals surface area contributed by atoms with Crippen molar-refractivity contribution >= 4 is 16.9 Å². The number of rotatable bonds is 1. The van der Waals surface area contributed by atoms with Gasteiger partial charge in [0.1, 0.15) is 11.3 Å². The lowest BCUT2D eigenvalue weighted by Crippen LogP contribution is -2.31. The molecule has 1 fully saturated rings. The molecule has 2 bridgehead atoms. The summed E-state index contributed by atoms with van der Waals surface area (Å²) in [6.45, 7) is 7.24. The number of hydrogen-bond donors (Lipinski definition) is 1. The van der Waals surface area contributed by atoms with Gasteiger partial charge in [0.25, 0.3) is 0 Å². The van der Waals surface area contributed by atoms with Crippen molar-refractivity contribution in [2.24, 2.45) is 5.92 Å². The zero-order chi connectivity index (χ0) is 18.5. The van der Waals surface area contributed by atoms with E-state index in [0.717, 1.165) is 42.5 Å². The fourth-order valence-electron chi connectivity index (χ4n) is 4.25. The summed E-state index contributed by atoms with van der Waals surface area (Å²) < 4.78 is 17.0. The number of aryl methyl sites for hydroxylation is 1. The van der Waals surface area contributed by atoms with Gasteiger partial charge in [-0.05, 0) is 50.3 Å². The summed E-state index contributed by atoms with van der Waals surface area (Å²) in [5, 5.41) is 4.12. The third-order valence-corrected chi connectivity index (χ3v) is 5.99. The molecule has 0 radical (unpaired) electrons. The Kier molecular flexibility index (Phi) is 4.28. The second kappa shape index (κ2) is 6.36. The number of amides is 1. The molecule has 1 saturated carbocycles. The average Bonchev–Trinajstić information content (AvgIpc) is 3.13. The van der Waals surface area contributed by atoms with Gasteiger partial charge in [0.05, 0.1) is 17.7 Å². The van der Waals surface area contributed by atoms with Crippen LogP contribution in [0.2, 0.25) is 0 Å². The quantitative estimate of drug-likeness (QED) is 0.808. The van der Waals surface area contributed by atoms with Gasteiger partial charge in [0, 0.05) is 17.6 Å². The summed E-state index contributed by atoms with van der Waals surface area (Å²) in [6.07, 6.45) is 3.70. The molecule has 4 nitrogen and oxygen atoms in total. The van der Waals surface area contributed by atoms with E-state index in [2.05, 4.69) is 35.9 Å². The van der Waals surface area contributed by atoms with Gasteiger partial charge in [-0.1, -0.05) is 26.7 Å². The number of aromatic nitrogens is 2. The standard InChI is InChI=1S/C21H28FN3O/c1-13(2)18-11-15-7-8-17-14(3)23-20(26)16-12-21(16,22)9-5-4-6-10-25(18)19(15)24-17/h7-8,11,13-14,16H,4-6,9-10,12H2,1-3H3,(H,23,26). The summed E-state index contributed by atoms with van der Waals surface area (Å²) in [5.41, 5.74) is 1.84. The molecule has 0 spiro atoms. The summed E-state index contributed by atoms with van der Waals surface area (Å²) in [7, 11) is 0. The van der Waals surface area contributed by atoms with Crippen LogP contribution >= 0.6 is 0 Å². The molecule has 1 amide bonds. The van der Waals surface area contributed by atoms with Crippen LogP contribution in [0.4, 0.5) is 4.39 Å². The summed E-state index contributed by atoms with van der Waals surface area (Å²) >= 11 is 0. The van der Waals surface area contributed by atoms with Crippen molar-refractivity contribution in [3.63, 3.8) is 0 Å². The van der Waals surface area contributed by atoms with Gasteiger partial charge in [-0.2, -0.15) is 0 Å². The fraction of sp³-hybridized carbons (Fsp3) is 0.619. The van der Waals surface area contributed by atoms with E-state index in [0.29, 0.717) is 18.8 Å². The zero-order valence-electron chi connectivity index (χ0n) is 15.9. The van der Waals surface area contributed by atoms with Crippen molar-refractivity contribution < 1.29 is 9.18 Å². The van der Waals surface area contributed by atoms with Crippen molar-refractivity contribution in [2.75, 3.05) is 0 Å². The number of carbonyl (C=O) groups excluding carboxylic acids is 1. The minimum absolute atomic E-state index is 0.169. The molecule has 1 aliphatic heterocycles. The SMILES string of the molecule is CC(C)c1cc2ccc3nc2n1CCCCCC1(F)CC1C(=O)NC3C. The number of hydrogen-bond acceptors (Lipinski definition) is 2. The Morgan fingerprint density at radius 3 is 2.88 bits per heavy atom. The van der Waals surface area contributed by atoms with Crippen LogP contribution in [-0.4, -0.2) is 21.1 Å². The molecule has 3 atom stereocenters. The van der Waals surface area contributed by atoms with Crippen molar-refractivity contribution in [1.82, 2.24) is 14.9 Å². The van der Waals surface area contributed by atoms with Crippen LogP contribution < -0.4 is 5.32 Å². The maximum Gasteiger partial charge on any atom is 0.226 e. The lowest BCUT2D eigenvalue weighted by molar-refractivity contribution is -0.124. The van der Waals surface area contributed by atoms with E-state index in [1.807, 2.05) is 13.0 Å². The van der Waals surface area contributed by atoms with Gasteiger partial charge in [0.2, 0.25) is 5.91 Å². The minimum atomic E-state index is -1.28. The van der Waals surface area contributed by atoms with E-state index in [-0.39, 0.29) is 11.9 Å². The predicted octanol–water partition coefficient (Wildman–Crippen LogP) is 4.64. The van der Waals surface area contributed by atoms with E-state index < -0.39 is 11.6 Å². The number of fused-ring (bicyclic) bond motifs is 2. The summed E-state index contributed by atoms with van der Waals surface area (Å²) in [4.78, 5) is 17.3. The lowest BCUT2D eigenvalue weighted by Gasteiger charge is -2.17. The largest absolute Gasteiger partial charge is 0.348 e. The van der Waals surface area contributed by atoms with Gasteiger partial charge in [-0.15, -0.1) is 0 Å². The molecule has 140 valence electrons. The third kappa shape index (κ3) is 3.01. The van der Waals surface area contributed by atoms with Gasteiger partial charge >= 0.3 is 0 Å². The highest BCUT2D eigenvalue weighted by Gasteiger charge is 2.58. The summed E-state index contributed by atoms with van der Waals surface area (Å²) in [6, 6.07) is 6.07. The van der Waals surface area contributed by atoms with Crippen molar-refractivity contribution in [3.05, 3.63) is 29.6 Å². The molecule has 26 heavy (non-hydrogen) atoms. The smallest absolute Gasteiger partial charge is 0.226 e. The fourth-order valence-corrected chi connectivity index (χ4v) is 4.25. The maximum atomic E-state index is 14.7. The molecule has 5 heteroatoms. The molecule has 0 saturated heterocycles. The van der Waals surface area contributed by atoms with E-state index in [1.165, 1.54) is 5.69 Å². The highest BCUT2D eigenvalue weighted by atomic mass is 19.1. The van der Waals surface area contributed by atoms with Crippen molar-refractivity contribution in [3.8, 4) is 0 Å². The van der Waals surface area contributed by atoms with Crippen molar-refractivity contribution in [1.29, 1.82) is 0 Å². The highest BCUT2D eigenvalue weighted by Crippen LogP contribution is 2.51. The Morgan fingerprint density at radius 2 is 2.12 bits per heavy atom. The Hall–Kier alpha value is -1.91. The number of alkyl halides is 1.